The molecule has 0 atom stereocenters. The van der Waals surface area contributed by atoms with Crippen LogP contribution >= 0.6 is 0 Å². The standard InChI is InChI=1S/C15H17N3O/c1-2-11-3-5-12(6-4-11)9-18-15(19)13-10-17-8-7-14(13)16/h3-8,10H,2,9H2,1H3,(H2,16,17)(H,18,19). The Morgan fingerprint density at radius 1 is 1.21 bits per heavy atom. The Kier molecular flexibility index (Phi) is 4.13. The zero-order chi connectivity index (χ0) is 13.7. The highest BCUT2D eigenvalue weighted by Crippen LogP contribution is 2.09. The van der Waals surface area contributed by atoms with Crippen LogP contribution < -0.4 is 11.1 Å². The van der Waals surface area contributed by atoms with Crippen molar-refractivity contribution in [2.75, 3.05) is 5.73 Å². The highest BCUT2D eigenvalue weighted by atomic mass is 16.1. The van der Waals surface area contributed by atoms with Gasteiger partial charge in [0.1, 0.15) is 0 Å². The van der Waals surface area contributed by atoms with Crippen LogP contribution in [0.3, 0.4) is 0 Å². The maximum atomic E-state index is 11.9. The first-order chi connectivity index (χ1) is 9.20. The first-order valence-electron chi connectivity index (χ1n) is 6.26. The Morgan fingerprint density at radius 2 is 1.89 bits per heavy atom. The average Bonchev–Trinajstić information content (AvgIpc) is 2.46. The molecule has 1 amide bonds. The predicted octanol–water partition coefficient (Wildman–Crippen LogP) is 2.16. The molecule has 0 radical (unpaired) electrons. The number of hydrogen-bond acceptors (Lipinski definition) is 3. The molecule has 0 spiro atoms. The Balaban J connectivity index is 1.98. The van der Waals surface area contributed by atoms with Crippen molar-refractivity contribution in [3.63, 3.8) is 0 Å². The van der Waals surface area contributed by atoms with E-state index in [9.17, 15) is 4.79 Å². The third-order valence-corrected chi connectivity index (χ3v) is 2.98. The number of nitrogens with one attached hydrogen (secondary N) is 1. The summed E-state index contributed by atoms with van der Waals surface area (Å²) in [6.45, 7) is 2.60. The van der Waals surface area contributed by atoms with Gasteiger partial charge in [-0.2, -0.15) is 0 Å². The van der Waals surface area contributed by atoms with Crippen LogP contribution in [-0.4, -0.2) is 10.9 Å². The summed E-state index contributed by atoms with van der Waals surface area (Å²) in [4.78, 5) is 15.8. The van der Waals surface area contributed by atoms with E-state index in [0.29, 0.717) is 17.8 Å². The SMILES string of the molecule is CCc1ccc(CNC(=O)c2cnccc2N)cc1. The Morgan fingerprint density at radius 3 is 2.53 bits per heavy atom. The van der Waals surface area contributed by atoms with Gasteiger partial charge in [-0.1, -0.05) is 31.2 Å². The molecule has 0 saturated carbocycles. The van der Waals surface area contributed by atoms with Crippen LogP contribution in [0.2, 0.25) is 0 Å². The van der Waals surface area contributed by atoms with Crippen molar-refractivity contribution < 1.29 is 4.79 Å². The lowest BCUT2D eigenvalue weighted by Crippen LogP contribution is -2.23. The number of hydrogen-bond donors (Lipinski definition) is 2. The summed E-state index contributed by atoms with van der Waals surface area (Å²) in [5.74, 6) is -0.204. The van der Waals surface area contributed by atoms with Gasteiger partial charge in [0, 0.05) is 24.6 Å². The molecule has 19 heavy (non-hydrogen) atoms. The molecule has 1 heterocycles. The van der Waals surface area contributed by atoms with E-state index in [1.54, 1.807) is 12.3 Å². The van der Waals surface area contributed by atoms with Crippen LogP contribution in [-0.2, 0) is 13.0 Å². The van der Waals surface area contributed by atoms with E-state index in [2.05, 4.69) is 29.4 Å². The van der Waals surface area contributed by atoms with Gasteiger partial charge in [-0.3, -0.25) is 9.78 Å². The molecule has 3 N–H and O–H groups in total. The summed E-state index contributed by atoms with van der Waals surface area (Å²) in [5.41, 5.74) is 8.92. The predicted molar refractivity (Wildman–Crippen MR) is 75.6 cm³/mol. The van der Waals surface area contributed by atoms with E-state index in [4.69, 9.17) is 5.73 Å². The lowest BCUT2D eigenvalue weighted by Gasteiger charge is -2.07. The van der Waals surface area contributed by atoms with Gasteiger partial charge >= 0.3 is 0 Å². The van der Waals surface area contributed by atoms with E-state index in [-0.39, 0.29) is 5.91 Å². The Bertz CT molecular complexity index is 564. The minimum Gasteiger partial charge on any atom is -0.398 e. The minimum atomic E-state index is -0.204. The molecule has 0 unspecified atom stereocenters. The molecule has 4 nitrogen and oxygen atoms in total. The maximum absolute atomic E-state index is 11.9. The summed E-state index contributed by atoms with van der Waals surface area (Å²) in [6.07, 6.45) is 4.05. The normalized spacial score (nSPS) is 10.2. The average molecular weight is 255 g/mol. The van der Waals surface area contributed by atoms with Gasteiger partial charge in [0.2, 0.25) is 0 Å². The molecule has 2 rings (SSSR count). The number of benzene rings is 1. The quantitative estimate of drug-likeness (QED) is 0.879. The number of nitrogens with zero attached hydrogens (tertiary/aromatic N) is 1. The number of aryl methyl sites for hydroxylation is 1. The number of anilines is 1. The highest BCUT2D eigenvalue weighted by molar-refractivity contribution is 5.98. The first kappa shape index (κ1) is 13.1. The number of aromatic nitrogens is 1. The van der Waals surface area contributed by atoms with Crippen molar-refractivity contribution in [1.82, 2.24) is 10.3 Å². The fourth-order valence-electron chi connectivity index (χ4n) is 1.77. The zero-order valence-electron chi connectivity index (χ0n) is 10.9. The van der Waals surface area contributed by atoms with Crippen LogP contribution in [0.1, 0.15) is 28.4 Å². The first-order valence-corrected chi connectivity index (χ1v) is 6.26. The topological polar surface area (TPSA) is 68.0 Å². The van der Waals surface area contributed by atoms with Gasteiger partial charge in [-0.15, -0.1) is 0 Å². The van der Waals surface area contributed by atoms with Crippen LogP contribution in [0.4, 0.5) is 5.69 Å². The summed E-state index contributed by atoms with van der Waals surface area (Å²) in [6, 6.07) is 9.79. The molecule has 0 aliphatic heterocycles. The van der Waals surface area contributed by atoms with Gasteiger partial charge in [0.05, 0.1) is 5.56 Å². The molecule has 1 aromatic carbocycles. The van der Waals surface area contributed by atoms with Gasteiger partial charge in [-0.05, 0) is 23.6 Å². The number of rotatable bonds is 4. The molecular formula is C15H17N3O. The fourth-order valence-corrected chi connectivity index (χ4v) is 1.77. The summed E-state index contributed by atoms with van der Waals surface area (Å²) in [5, 5.41) is 2.83. The van der Waals surface area contributed by atoms with Gasteiger partial charge in [-0.25, -0.2) is 0 Å². The molecule has 0 aliphatic carbocycles. The molecule has 0 saturated heterocycles. The number of nitrogen functional groups attached to an aromatic ring is 1. The van der Waals surface area contributed by atoms with Crippen molar-refractivity contribution in [2.24, 2.45) is 0 Å². The number of amides is 1. The second-order valence-corrected chi connectivity index (χ2v) is 4.32. The summed E-state index contributed by atoms with van der Waals surface area (Å²) >= 11 is 0. The molecular weight excluding hydrogens is 238 g/mol. The molecule has 98 valence electrons. The van der Waals surface area contributed by atoms with Crippen LogP contribution in [0.25, 0.3) is 0 Å². The minimum absolute atomic E-state index is 0.204. The monoisotopic (exact) mass is 255 g/mol. The number of carbonyl (C=O) groups is 1. The van der Waals surface area contributed by atoms with Gasteiger partial charge in [0.15, 0.2) is 0 Å². The van der Waals surface area contributed by atoms with Crippen LogP contribution in [0.15, 0.2) is 42.7 Å². The highest BCUT2D eigenvalue weighted by Gasteiger charge is 2.08. The van der Waals surface area contributed by atoms with Crippen molar-refractivity contribution in [3.8, 4) is 0 Å². The van der Waals surface area contributed by atoms with Crippen molar-refractivity contribution >= 4 is 11.6 Å². The van der Waals surface area contributed by atoms with Crippen LogP contribution in [0.5, 0.6) is 0 Å². The van der Waals surface area contributed by atoms with E-state index in [0.717, 1.165) is 12.0 Å². The maximum Gasteiger partial charge on any atom is 0.255 e. The lowest BCUT2D eigenvalue weighted by atomic mass is 10.1. The van der Waals surface area contributed by atoms with Crippen molar-refractivity contribution in [1.29, 1.82) is 0 Å². The van der Waals surface area contributed by atoms with Gasteiger partial charge < -0.3 is 11.1 Å². The second kappa shape index (κ2) is 6.00. The lowest BCUT2D eigenvalue weighted by molar-refractivity contribution is 0.0951. The zero-order valence-corrected chi connectivity index (χ0v) is 10.9. The van der Waals surface area contributed by atoms with E-state index in [1.807, 2.05) is 12.1 Å². The second-order valence-electron chi connectivity index (χ2n) is 4.32. The van der Waals surface area contributed by atoms with Crippen molar-refractivity contribution in [2.45, 2.75) is 19.9 Å². The number of pyridine rings is 1. The molecule has 0 aliphatic rings. The molecule has 0 fully saturated rings. The van der Waals surface area contributed by atoms with E-state index < -0.39 is 0 Å². The molecule has 2 aromatic rings. The largest absolute Gasteiger partial charge is 0.398 e. The third kappa shape index (κ3) is 3.31. The molecule has 1 aromatic heterocycles. The van der Waals surface area contributed by atoms with E-state index >= 15 is 0 Å². The van der Waals surface area contributed by atoms with Crippen LogP contribution in [0, 0.1) is 0 Å². The van der Waals surface area contributed by atoms with Gasteiger partial charge in [0.25, 0.3) is 5.91 Å². The Hall–Kier alpha value is -2.36. The fraction of sp³-hybridized carbons (Fsp3) is 0.200. The molecule has 4 heteroatoms. The summed E-state index contributed by atoms with van der Waals surface area (Å²) in [7, 11) is 0. The molecule has 0 bridgehead atoms. The van der Waals surface area contributed by atoms with E-state index in [1.165, 1.54) is 11.8 Å². The number of nitrogens with two attached hydrogens (primary N) is 1. The summed E-state index contributed by atoms with van der Waals surface area (Å²) < 4.78 is 0. The smallest absolute Gasteiger partial charge is 0.255 e. The third-order valence-electron chi connectivity index (χ3n) is 2.98. The number of carbonyl (C=O) groups excluding carboxylic acids is 1. The van der Waals surface area contributed by atoms with Crippen molar-refractivity contribution in [3.05, 3.63) is 59.4 Å². The Labute approximate surface area is 112 Å².